The molecule has 1 saturated heterocycles. The molecule has 6 nitrogen and oxygen atoms in total. The predicted octanol–water partition coefficient (Wildman–Crippen LogP) is 1.35. The van der Waals surface area contributed by atoms with Crippen molar-refractivity contribution in [3.8, 4) is 0 Å². The average molecular weight is 281 g/mol. The first-order valence-electron chi connectivity index (χ1n) is 6.72. The molecule has 0 atom stereocenters. The summed E-state index contributed by atoms with van der Waals surface area (Å²) >= 11 is 5.47. The highest BCUT2D eigenvalue weighted by Crippen LogP contribution is 2.19. The molecule has 0 aliphatic carbocycles. The van der Waals surface area contributed by atoms with Crippen LogP contribution in [0.15, 0.2) is 0 Å². The molecular formula is C12H19N5OS. The molecular weight excluding hydrogens is 262 g/mol. The molecule has 0 unspecified atom stereocenters. The zero-order chi connectivity index (χ0) is 13.4. The lowest BCUT2D eigenvalue weighted by Crippen LogP contribution is -2.44. The van der Waals surface area contributed by atoms with E-state index in [1.165, 1.54) is 0 Å². The van der Waals surface area contributed by atoms with Crippen molar-refractivity contribution >= 4 is 23.4 Å². The molecule has 1 aliphatic heterocycles. The Labute approximate surface area is 116 Å². The Morgan fingerprint density at radius 2 is 2.11 bits per heavy atom. The summed E-state index contributed by atoms with van der Waals surface area (Å²) in [5.41, 5.74) is 3.22. The lowest BCUT2D eigenvalue weighted by Gasteiger charge is -2.29. The van der Waals surface area contributed by atoms with E-state index >= 15 is 0 Å². The second-order valence-corrected chi connectivity index (χ2v) is 5.21. The number of ether oxygens (including phenoxy) is 1. The number of morpholine rings is 1. The SMILES string of the molecule is CCCc1nn(C)c2c1[nH]c(=S)n2N1CCOCC1. The third kappa shape index (κ3) is 2.06. The van der Waals surface area contributed by atoms with Crippen LogP contribution in [-0.2, 0) is 18.2 Å². The molecule has 3 rings (SSSR count). The summed E-state index contributed by atoms with van der Waals surface area (Å²) < 4.78 is 10.1. The third-order valence-electron chi connectivity index (χ3n) is 3.47. The van der Waals surface area contributed by atoms with Crippen molar-refractivity contribution in [2.45, 2.75) is 19.8 Å². The number of aromatic nitrogens is 4. The van der Waals surface area contributed by atoms with Crippen LogP contribution in [0.1, 0.15) is 19.0 Å². The van der Waals surface area contributed by atoms with Gasteiger partial charge in [0.05, 0.1) is 32.0 Å². The normalized spacial score (nSPS) is 16.4. The Bertz CT molecular complexity index is 634. The fraction of sp³-hybridized carbons (Fsp3) is 0.667. The number of aromatic amines is 1. The summed E-state index contributed by atoms with van der Waals surface area (Å²) in [5, 5.41) is 6.82. The van der Waals surface area contributed by atoms with E-state index in [0.717, 1.165) is 60.8 Å². The molecule has 0 spiro atoms. The van der Waals surface area contributed by atoms with Crippen molar-refractivity contribution < 1.29 is 4.74 Å². The van der Waals surface area contributed by atoms with Crippen LogP contribution in [0.25, 0.3) is 11.2 Å². The maximum atomic E-state index is 5.47. The van der Waals surface area contributed by atoms with E-state index in [-0.39, 0.29) is 0 Å². The summed E-state index contributed by atoms with van der Waals surface area (Å²) in [6, 6.07) is 0. The van der Waals surface area contributed by atoms with Gasteiger partial charge in [0, 0.05) is 7.05 Å². The summed E-state index contributed by atoms with van der Waals surface area (Å²) in [6.07, 6.45) is 2.05. The van der Waals surface area contributed by atoms with Gasteiger partial charge in [-0.25, -0.2) is 9.36 Å². The smallest absolute Gasteiger partial charge is 0.198 e. The fourth-order valence-corrected chi connectivity index (χ4v) is 2.93. The van der Waals surface area contributed by atoms with Crippen molar-refractivity contribution in [2.75, 3.05) is 31.3 Å². The maximum Gasteiger partial charge on any atom is 0.198 e. The minimum Gasteiger partial charge on any atom is -0.378 e. The van der Waals surface area contributed by atoms with Gasteiger partial charge >= 0.3 is 0 Å². The number of nitrogens with zero attached hydrogens (tertiary/aromatic N) is 4. The number of hydrogen-bond donors (Lipinski definition) is 1. The van der Waals surface area contributed by atoms with E-state index in [1.54, 1.807) is 0 Å². The molecule has 19 heavy (non-hydrogen) atoms. The van der Waals surface area contributed by atoms with Gasteiger partial charge in [-0.2, -0.15) is 5.10 Å². The van der Waals surface area contributed by atoms with Gasteiger partial charge in [0.1, 0.15) is 5.52 Å². The van der Waals surface area contributed by atoms with Gasteiger partial charge in [-0.3, -0.25) is 0 Å². The Kier molecular flexibility index (Phi) is 3.32. The number of aryl methyl sites for hydroxylation is 2. The van der Waals surface area contributed by atoms with Gasteiger partial charge in [-0.1, -0.05) is 13.3 Å². The van der Waals surface area contributed by atoms with Crippen LogP contribution in [-0.4, -0.2) is 45.7 Å². The van der Waals surface area contributed by atoms with Crippen molar-refractivity contribution in [1.29, 1.82) is 0 Å². The highest BCUT2D eigenvalue weighted by molar-refractivity contribution is 7.71. The number of fused-ring (bicyclic) bond motifs is 1. The Hall–Kier alpha value is -1.34. The standard InChI is InChI=1S/C12H19N5OS/c1-3-4-9-10-11(15(2)14-9)17(12(19)13-10)16-5-7-18-8-6-16/h3-8H2,1-2H3,(H,13,19). The molecule has 0 aromatic carbocycles. The van der Waals surface area contributed by atoms with Crippen molar-refractivity contribution in [1.82, 2.24) is 19.4 Å². The van der Waals surface area contributed by atoms with Crippen LogP contribution in [0, 0.1) is 4.77 Å². The van der Waals surface area contributed by atoms with Crippen LogP contribution in [0.3, 0.4) is 0 Å². The number of hydrogen-bond acceptors (Lipinski definition) is 4. The lowest BCUT2D eigenvalue weighted by atomic mass is 10.2. The average Bonchev–Trinajstić information content (AvgIpc) is 2.89. The highest BCUT2D eigenvalue weighted by atomic mass is 32.1. The van der Waals surface area contributed by atoms with Crippen LogP contribution in [0.5, 0.6) is 0 Å². The quantitative estimate of drug-likeness (QED) is 0.863. The summed E-state index contributed by atoms with van der Waals surface area (Å²) in [5.74, 6) is 0. The number of rotatable bonds is 3. The van der Waals surface area contributed by atoms with E-state index in [0.29, 0.717) is 0 Å². The van der Waals surface area contributed by atoms with Crippen molar-refractivity contribution in [2.24, 2.45) is 7.05 Å². The van der Waals surface area contributed by atoms with Gasteiger partial charge in [0.25, 0.3) is 0 Å². The molecule has 7 heteroatoms. The number of H-pyrrole nitrogens is 1. The topological polar surface area (TPSA) is 51.0 Å². The van der Waals surface area contributed by atoms with E-state index in [2.05, 4.69) is 26.7 Å². The summed E-state index contributed by atoms with van der Waals surface area (Å²) in [6.45, 7) is 5.36. The van der Waals surface area contributed by atoms with Gasteiger partial charge in [-0.15, -0.1) is 0 Å². The molecule has 0 bridgehead atoms. The Morgan fingerprint density at radius 3 is 2.79 bits per heavy atom. The van der Waals surface area contributed by atoms with E-state index < -0.39 is 0 Å². The maximum absolute atomic E-state index is 5.47. The summed E-state index contributed by atoms with van der Waals surface area (Å²) in [7, 11) is 1.97. The predicted molar refractivity (Wildman–Crippen MR) is 76.7 cm³/mol. The second kappa shape index (κ2) is 4.97. The van der Waals surface area contributed by atoms with Gasteiger partial charge in [0.2, 0.25) is 0 Å². The van der Waals surface area contributed by atoms with E-state index in [4.69, 9.17) is 17.0 Å². The molecule has 1 aliphatic rings. The highest BCUT2D eigenvalue weighted by Gasteiger charge is 2.20. The first kappa shape index (κ1) is 12.7. The van der Waals surface area contributed by atoms with Gasteiger partial charge in [-0.05, 0) is 18.6 Å². The molecule has 2 aromatic rings. The van der Waals surface area contributed by atoms with Crippen LogP contribution in [0.2, 0.25) is 0 Å². The number of nitrogens with one attached hydrogen (secondary N) is 1. The number of imidazole rings is 1. The summed E-state index contributed by atoms with van der Waals surface area (Å²) in [4.78, 5) is 3.31. The monoisotopic (exact) mass is 281 g/mol. The molecule has 0 amide bonds. The minimum absolute atomic E-state index is 0.738. The largest absolute Gasteiger partial charge is 0.378 e. The molecule has 1 fully saturated rings. The second-order valence-electron chi connectivity index (χ2n) is 4.83. The first-order chi connectivity index (χ1) is 9.22. The van der Waals surface area contributed by atoms with Crippen molar-refractivity contribution in [3.05, 3.63) is 10.5 Å². The molecule has 3 heterocycles. The Morgan fingerprint density at radius 1 is 1.37 bits per heavy atom. The van der Waals surface area contributed by atoms with Crippen LogP contribution >= 0.6 is 12.2 Å². The van der Waals surface area contributed by atoms with E-state index in [9.17, 15) is 0 Å². The van der Waals surface area contributed by atoms with Crippen LogP contribution < -0.4 is 5.01 Å². The molecule has 0 saturated carbocycles. The molecule has 0 radical (unpaired) electrons. The lowest BCUT2D eigenvalue weighted by molar-refractivity contribution is 0.111. The zero-order valence-electron chi connectivity index (χ0n) is 11.3. The molecule has 2 aromatic heterocycles. The third-order valence-corrected chi connectivity index (χ3v) is 3.75. The Balaban J connectivity index is 2.13. The van der Waals surface area contributed by atoms with Gasteiger partial charge in [0.15, 0.2) is 10.4 Å². The zero-order valence-corrected chi connectivity index (χ0v) is 12.2. The van der Waals surface area contributed by atoms with Crippen LogP contribution in [0.4, 0.5) is 0 Å². The van der Waals surface area contributed by atoms with Gasteiger partial charge < -0.3 is 14.7 Å². The first-order valence-corrected chi connectivity index (χ1v) is 7.12. The minimum atomic E-state index is 0.738. The fourth-order valence-electron chi connectivity index (χ4n) is 2.62. The van der Waals surface area contributed by atoms with E-state index in [1.807, 2.05) is 11.7 Å². The molecule has 104 valence electrons. The van der Waals surface area contributed by atoms with Crippen molar-refractivity contribution in [3.63, 3.8) is 0 Å². The molecule has 1 N–H and O–H groups in total.